The first-order chi connectivity index (χ1) is 9.82. The first kappa shape index (κ1) is 16.7. The first-order valence-electron chi connectivity index (χ1n) is 7.76. The fraction of sp³-hybridized carbons (Fsp3) is 0.929. The van der Waals surface area contributed by atoms with Crippen LogP contribution in [0.25, 0.3) is 0 Å². The normalized spacial score (nSPS) is 23.0. The molecule has 21 heavy (non-hydrogen) atoms. The van der Waals surface area contributed by atoms with Crippen LogP contribution in [0, 0.1) is 5.92 Å². The van der Waals surface area contributed by atoms with Crippen LogP contribution in [0.15, 0.2) is 0 Å². The lowest BCUT2D eigenvalue weighted by atomic mass is 10.1. The molecule has 0 radical (unpaired) electrons. The lowest BCUT2D eigenvalue weighted by Crippen LogP contribution is -2.50. The van der Waals surface area contributed by atoms with Crippen molar-refractivity contribution in [2.75, 3.05) is 33.7 Å². The number of amides is 1. The Morgan fingerprint density at radius 2 is 1.81 bits per heavy atom. The van der Waals surface area contributed by atoms with Gasteiger partial charge in [-0.3, -0.25) is 4.79 Å². The molecule has 1 unspecified atom stereocenters. The number of carbonyl (C=O) groups excluding carboxylic acids is 1. The molecule has 1 saturated heterocycles. The van der Waals surface area contributed by atoms with Gasteiger partial charge >= 0.3 is 0 Å². The Hall–Kier alpha value is -0.660. The molecular formula is C14H27N3O3S. The number of nitrogens with zero attached hydrogens (tertiary/aromatic N) is 2. The van der Waals surface area contributed by atoms with E-state index in [1.54, 1.807) is 14.1 Å². The Labute approximate surface area is 127 Å². The van der Waals surface area contributed by atoms with Crippen LogP contribution in [0.4, 0.5) is 0 Å². The minimum absolute atomic E-state index is 0.357. The number of sulfonamides is 1. The number of rotatable bonds is 6. The zero-order valence-electron chi connectivity index (χ0n) is 13.2. The van der Waals surface area contributed by atoms with Gasteiger partial charge in [-0.15, -0.1) is 0 Å². The molecule has 1 amide bonds. The molecule has 1 aliphatic carbocycles. The van der Waals surface area contributed by atoms with E-state index in [2.05, 4.69) is 5.32 Å². The second kappa shape index (κ2) is 6.62. The zero-order valence-corrected chi connectivity index (χ0v) is 14.0. The molecule has 6 nitrogen and oxygen atoms in total. The average Bonchev–Trinajstić information content (AvgIpc) is 3.28. The average molecular weight is 317 g/mol. The van der Waals surface area contributed by atoms with E-state index < -0.39 is 15.3 Å². The highest BCUT2D eigenvalue weighted by Crippen LogP contribution is 2.28. The molecule has 2 aliphatic rings. The topological polar surface area (TPSA) is 69.7 Å². The van der Waals surface area contributed by atoms with E-state index >= 15 is 0 Å². The third kappa shape index (κ3) is 4.17. The molecule has 1 heterocycles. The molecule has 0 spiro atoms. The minimum Gasteiger partial charge on any atom is -0.348 e. The molecule has 1 atom stereocenters. The molecule has 0 aromatic rings. The van der Waals surface area contributed by atoms with Crippen LogP contribution >= 0.6 is 0 Å². The van der Waals surface area contributed by atoms with Gasteiger partial charge in [0.05, 0.1) is 0 Å². The van der Waals surface area contributed by atoms with Crippen molar-refractivity contribution >= 4 is 15.9 Å². The summed E-state index contributed by atoms with van der Waals surface area (Å²) in [7, 11) is -0.363. The Kier molecular flexibility index (Phi) is 5.27. The molecule has 1 saturated carbocycles. The molecular weight excluding hydrogens is 290 g/mol. The van der Waals surface area contributed by atoms with Crippen LogP contribution in [0.5, 0.6) is 0 Å². The third-order valence-electron chi connectivity index (χ3n) is 4.44. The number of carbonyl (C=O) groups is 1. The van der Waals surface area contributed by atoms with Gasteiger partial charge < -0.3 is 10.2 Å². The van der Waals surface area contributed by atoms with Crippen LogP contribution in [0.2, 0.25) is 0 Å². The van der Waals surface area contributed by atoms with E-state index in [0.717, 1.165) is 25.3 Å². The van der Waals surface area contributed by atoms with Gasteiger partial charge in [0.15, 0.2) is 5.25 Å². The Bertz CT molecular complexity index is 466. The number of nitrogens with one attached hydrogen (secondary N) is 1. The third-order valence-corrected chi connectivity index (χ3v) is 6.62. The zero-order chi connectivity index (χ0) is 15.6. The Morgan fingerprint density at radius 3 is 2.29 bits per heavy atom. The van der Waals surface area contributed by atoms with Crippen molar-refractivity contribution in [2.24, 2.45) is 5.92 Å². The molecule has 122 valence electrons. The summed E-state index contributed by atoms with van der Waals surface area (Å²) in [6.45, 7) is 3.56. The number of hydrogen-bond donors (Lipinski definition) is 1. The highest BCUT2D eigenvalue weighted by Gasteiger charge is 2.36. The van der Waals surface area contributed by atoms with E-state index in [1.165, 1.54) is 29.0 Å². The first-order valence-corrected chi connectivity index (χ1v) is 9.26. The molecule has 1 N–H and O–H groups in total. The predicted octanol–water partition coefficient (Wildman–Crippen LogP) is 0.257. The fourth-order valence-electron chi connectivity index (χ4n) is 2.68. The van der Waals surface area contributed by atoms with Crippen molar-refractivity contribution in [3.63, 3.8) is 0 Å². The van der Waals surface area contributed by atoms with Crippen LogP contribution in [0.1, 0.15) is 32.6 Å². The quantitative estimate of drug-likeness (QED) is 0.763. The van der Waals surface area contributed by atoms with Gasteiger partial charge in [0.25, 0.3) is 0 Å². The largest absolute Gasteiger partial charge is 0.348 e. The highest BCUT2D eigenvalue weighted by atomic mass is 32.2. The second-order valence-corrected chi connectivity index (χ2v) is 8.70. The Balaban J connectivity index is 1.85. The maximum atomic E-state index is 12.5. The maximum Gasteiger partial charge on any atom is 0.241 e. The summed E-state index contributed by atoms with van der Waals surface area (Å²) in [6.07, 6.45) is 4.30. The van der Waals surface area contributed by atoms with Crippen molar-refractivity contribution in [1.29, 1.82) is 0 Å². The molecule has 0 aromatic carbocycles. The van der Waals surface area contributed by atoms with Gasteiger partial charge in [0, 0.05) is 33.2 Å². The van der Waals surface area contributed by atoms with Crippen LogP contribution in [0.3, 0.4) is 0 Å². The standard InChI is InChI=1S/C14H27N3O3S/c1-11(14(18)16(2)3)21(19,20)17-8-6-13(7-9-17)15-10-12-4-5-12/h11-13,15H,4-10H2,1-3H3. The summed E-state index contributed by atoms with van der Waals surface area (Å²) < 4.78 is 26.4. The van der Waals surface area contributed by atoms with Crippen molar-refractivity contribution < 1.29 is 13.2 Å². The van der Waals surface area contributed by atoms with E-state index in [0.29, 0.717) is 19.1 Å². The summed E-state index contributed by atoms with van der Waals surface area (Å²) in [5.41, 5.74) is 0. The summed E-state index contributed by atoms with van der Waals surface area (Å²) in [5, 5.41) is 2.53. The van der Waals surface area contributed by atoms with Gasteiger partial charge in [-0.25, -0.2) is 12.7 Å². The van der Waals surface area contributed by atoms with Crippen molar-refractivity contribution in [3.05, 3.63) is 0 Å². The molecule has 0 bridgehead atoms. The lowest BCUT2D eigenvalue weighted by molar-refractivity contribution is -0.128. The van der Waals surface area contributed by atoms with E-state index in [4.69, 9.17) is 0 Å². The summed E-state index contributed by atoms with van der Waals surface area (Å²) in [5.74, 6) is 0.480. The molecule has 2 fully saturated rings. The fourth-order valence-corrected chi connectivity index (χ4v) is 4.32. The monoisotopic (exact) mass is 317 g/mol. The van der Waals surface area contributed by atoms with Crippen molar-refractivity contribution in [3.8, 4) is 0 Å². The Morgan fingerprint density at radius 1 is 1.24 bits per heavy atom. The molecule has 1 aliphatic heterocycles. The van der Waals surface area contributed by atoms with Gasteiger partial charge in [-0.1, -0.05) is 0 Å². The van der Waals surface area contributed by atoms with Gasteiger partial charge in [0.2, 0.25) is 15.9 Å². The van der Waals surface area contributed by atoms with Crippen LogP contribution in [-0.4, -0.2) is 68.6 Å². The summed E-state index contributed by atoms with van der Waals surface area (Å²) in [6, 6.07) is 0.414. The predicted molar refractivity (Wildman–Crippen MR) is 82.4 cm³/mol. The summed E-state index contributed by atoms with van der Waals surface area (Å²) in [4.78, 5) is 13.2. The SMILES string of the molecule is CC(C(=O)N(C)C)S(=O)(=O)N1CCC(NCC2CC2)CC1. The highest BCUT2D eigenvalue weighted by molar-refractivity contribution is 7.90. The van der Waals surface area contributed by atoms with Gasteiger partial charge in [0.1, 0.15) is 0 Å². The molecule has 2 rings (SSSR count). The molecule has 7 heteroatoms. The van der Waals surface area contributed by atoms with E-state index in [-0.39, 0.29) is 5.91 Å². The van der Waals surface area contributed by atoms with E-state index in [1.807, 2.05) is 0 Å². The van der Waals surface area contributed by atoms with Gasteiger partial charge in [-0.05, 0) is 45.1 Å². The molecule has 0 aromatic heterocycles. The number of hydrogen-bond acceptors (Lipinski definition) is 4. The van der Waals surface area contributed by atoms with E-state index in [9.17, 15) is 13.2 Å². The summed E-state index contributed by atoms with van der Waals surface area (Å²) >= 11 is 0. The van der Waals surface area contributed by atoms with Crippen molar-refractivity contribution in [1.82, 2.24) is 14.5 Å². The minimum atomic E-state index is -3.53. The van der Waals surface area contributed by atoms with Gasteiger partial charge in [-0.2, -0.15) is 0 Å². The van der Waals surface area contributed by atoms with Crippen molar-refractivity contribution in [2.45, 2.75) is 43.9 Å². The maximum absolute atomic E-state index is 12.5. The second-order valence-electron chi connectivity index (χ2n) is 6.44. The smallest absolute Gasteiger partial charge is 0.241 e. The van der Waals surface area contributed by atoms with Crippen LogP contribution < -0.4 is 5.32 Å². The lowest BCUT2D eigenvalue weighted by Gasteiger charge is -2.33. The number of piperidine rings is 1. The van der Waals surface area contributed by atoms with Crippen LogP contribution in [-0.2, 0) is 14.8 Å².